The number of ether oxygens (including phenoxy) is 3. The van der Waals surface area contributed by atoms with E-state index in [2.05, 4.69) is 4.99 Å². The number of allylic oxidation sites excluding steroid dienone is 1. The van der Waals surface area contributed by atoms with Crippen molar-refractivity contribution in [1.29, 1.82) is 0 Å². The Hall–Kier alpha value is -3.69. The van der Waals surface area contributed by atoms with Gasteiger partial charge in [0.05, 0.1) is 35.1 Å². The van der Waals surface area contributed by atoms with Crippen LogP contribution in [0, 0.1) is 5.92 Å². The summed E-state index contributed by atoms with van der Waals surface area (Å²) in [6.45, 7) is 9.26. The summed E-state index contributed by atoms with van der Waals surface area (Å²) in [5.41, 5.74) is 1.73. The summed E-state index contributed by atoms with van der Waals surface area (Å²) in [5.74, 6) is -0.367. The van der Waals surface area contributed by atoms with Crippen LogP contribution >= 0.6 is 22.9 Å². The van der Waals surface area contributed by atoms with Crippen LogP contribution in [0.1, 0.15) is 51.8 Å². The number of rotatable bonds is 8. The molecular weight excluding hydrogens is 540 g/mol. The highest BCUT2D eigenvalue weighted by atomic mass is 35.5. The van der Waals surface area contributed by atoms with Gasteiger partial charge in [0.25, 0.3) is 5.56 Å². The Morgan fingerprint density at radius 3 is 2.62 bits per heavy atom. The van der Waals surface area contributed by atoms with Crippen molar-refractivity contribution in [2.24, 2.45) is 10.9 Å². The number of aromatic nitrogens is 1. The van der Waals surface area contributed by atoms with Gasteiger partial charge in [0.2, 0.25) is 0 Å². The molecule has 0 aliphatic carbocycles. The molecule has 2 heterocycles. The lowest BCUT2D eigenvalue weighted by Crippen LogP contribution is -2.40. The molecule has 1 aliphatic rings. The molecule has 10 heteroatoms. The molecule has 8 nitrogen and oxygen atoms in total. The third kappa shape index (κ3) is 6.32. The summed E-state index contributed by atoms with van der Waals surface area (Å²) in [6.07, 6.45) is 1.75. The molecule has 0 amide bonds. The minimum atomic E-state index is -0.840. The molecule has 2 aromatic carbocycles. The fourth-order valence-electron chi connectivity index (χ4n) is 4.17. The van der Waals surface area contributed by atoms with Crippen LogP contribution in [0.5, 0.6) is 11.5 Å². The number of nitrogens with zero attached hydrogens (tertiary/aromatic N) is 2. The van der Waals surface area contributed by atoms with E-state index in [1.165, 1.54) is 22.8 Å². The van der Waals surface area contributed by atoms with Gasteiger partial charge in [0.15, 0.2) is 16.3 Å². The van der Waals surface area contributed by atoms with Crippen molar-refractivity contribution in [3.63, 3.8) is 0 Å². The number of halogens is 1. The highest BCUT2D eigenvalue weighted by Crippen LogP contribution is 2.36. The molecule has 0 N–H and O–H groups in total. The summed E-state index contributed by atoms with van der Waals surface area (Å²) in [6, 6.07) is 11.3. The molecule has 0 saturated heterocycles. The van der Waals surface area contributed by atoms with Crippen molar-refractivity contribution in [3.05, 3.63) is 89.6 Å². The SMILES string of the molecule is CCOc1cc(C2C(C(=O)OCC(C)C)=C(C)N=c3sc(=Cc4cccc(Cl)c4)c(=O)n32)ccc1OC(C)=O. The van der Waals surface area contributed by atoms with Crippen molar-refractivity contribution >= 4 is 41.0 Å². The Labute approximate surface area is 234 Å². The number of carbonyl (C=O) groups excluding carboxylic acids is 2. The lowest BCUT2D eigenvalue weighted by Gasteiger charge is -2.25. The standard InChI is InChI=1S/C29H29ClN2O6S/c1-6-36-23-14-20(10-11-22(23)38-18(5)33)26-25(28(35)37-15-16(2)3)17(4)31-29-32(26)27(34)24(39-29)13-19-8-7-9-21(30)12-19/h7-14,16,26H,6,15H2,1-5H3. The first-order valence-corrected chi connectivity index (χ1v) is 13.7. The van der Waals surface area contributed by atoms with Gasteiger partial charge in [-0.1, -0.05) is 55.0 Å². The average molecular weight is 569 g/mol. The van der Waals surface area contributed by atoms with Crippen molar-refractivity contribution < 1.29 is 23.8 Å². The van der Waals surface area contributed by atoms with E-state index in [1.54, 1.807) is 49.4 Å². The molecule has 1 aromatic heterocycles. The number of fused-ring (bicyclic) bond motifs is 1. The van der Waals surface area contributed by atoms with Crippen LogP contribution in [0.3, 0.4) is 0 Å². The van der Waals surface area contributed by atoms with Gasteiger partial charge in [-0.3, -0.25) is 14.2 Å². The molecule has 1 atom stereocenters. The van der Waals surface area contributed by atoms with Crippen LogP contribution < -0.4 is 24.4 Å². The van der Waals surface area contributed by atoms with E-state index in [9.17, 15) is 14.4 Å². The maximum Gasteiger partial charge on any atom is 0.338 e. The smallest absolute Gasteiger partial charge is 0.338 e. The molecule has 1 unspecified atom stereocenters. The van der Waals surface area contributed by atoms with E-state index in [1.807, 2.05) is 26.8 Å². The van der Waals surface area contributed by atoms with Crippen molar-refractivity contribution in [2.45, 2.75) is 40.7 Å². The number of thiazole rings is 1. The highest BCUT2D eigenvalue weighted by Gasteiger charge is 2.34. The van der Waals surface area contributed by atoms with E-state index in [4.69, 9.17) is 25.8 Å². The first-order chi connectivity index (χ1) is 18.6. The van der Waals surface area contributed by atoms with Crippen LogP contribution in [0.15, 0.2) is 63.5 Å². The molecule has 1 aliphatic heterocycles. The quantitative estimate of drug-likeness (QED) is 0.295. The summed E-state index contributed by atoms with van der Waals surface area (Å²) in [5, 5.41) is 0.553. The molecule has 0 fully saturated rings. The minimum Gasteiger partial charge on any atom is -0.490 e. The maximum atomic E-state index is 13.8. The topological polar surface area (TPSA) is 96.2 Å². The Morgan fingerprint density at radius 1 is 1.18 bits per heavy atom. The van der Waals surface area contributed by atoms with Gasteiger partial charge in [-0.15, -0.1) is 0 Å². The van der Waals surface area contributed by atoms with Crippen molar-refractivity contribution in [1.82, 2.24) is 4.57 Å². The predicted molar refractivity (Wildman–Crippen MR) is 150 cm³/mol. The fraction of sp³-hybridized carbons (Fsp3) is 0.310. The van der Waals surface area contributed by atoms with Crippen LogP contribution in [0.25, 0.3) is 6.08 Å². The second-order valence-corrected chi connectivity index (χ2v) is 10.8. The van der Waals surface area contributed by atoms with Gasteiger partial charge < -0.3 is 14.2 Å². The Bertz CT molecular complexity index is 1640. The van der Waals surface area contributed by atoms with E-state index < -0.39 is 18.0 Å². The zero-order chi connectivity index (χ0) is 28.3. The average Bonchev–Trinajstić information content (AvgIpc) is 3.16. The zero-order valence-electron chi connectivity index (χ0n) is 22.3. The first-order valence-electron chi connectivity index (χ1n) is 12.5. The minimum absolute atomic E-state index is 0.125. The first kappa shape index (κ1) is 28.3. The van der Waals surface area contributed by atoms with E-state index in [-0.39, 0.29) is 29.4 Å². The summed E-state index contributed by atoms with van der Waals surface area (Å²) < 4.78 is 18.6. The van der Waals surface area contributed by atoms with Gasteiger partial charge in [-0.05, 0) is 61.2 Å². The Kier molecular flexibility index (Phi) is 8.72. The number of carbonyl (C=O) groups is 2. The summed E-state index contributed by atoms with van der Waals surface area (Å²) in [7, 11) is 0. The zero-order valence-corrected chi connectivity index (χ0v) is 23.9. The second kappa shape index (κ2) is 12.0. The third-order valence-electron chi connectivity index (χ3n) is 5.77. The lowest BCUT2D eigenvalue weighted by atomic mass is 9.95. The largest absolute Gasteiger partial charge is 0.490 e. The van der Waals surface area contributed by atoms with Gasteiger partial charge in [0, 0.05) is 11.9 Å². The predicted octanol–water partition coefficient (Wildman–Crippen LogP) is 4.41. The van der Waals surface area contributed by atoms with Crippen LogP contribution in [-0.2, 0) is 14.3 Å². The molecule has 3 aromatic rings. The van der Waals surface area contributed by atoms with E-state index >= 15 is 0 Å². The molecule has 0 radical (unpaired) electrons. The highest BCUT2D eigenvalue weighted by molar-refractivity contribution is 7.07. The van der Waals surface area contributed by atoms with Crippen molar-refractivity contribution in [2.75, 3.05) is 13.2 Å². The molecule has 0 saturated carbocycles. The fourth-order valence-corrected chi connectivity index (χ4v) is 5.41. The maximum absolute atomic E-state index is 13.8. The van der Waals surface area contributed by atoms with Gasteiger partial charge in [-0.2, -0.15) is 0 Å². The van der Waals surface area contributed by atoms with Gasteiger partial charge in [-0.25, -0.2) is 9.79 Å². The number of benzene rings is 2. The van der Waals surface area contributed by atoms with Crippen LogP contribution in [-0.4, -0.2) is 29.7 Å². The second-order valence-electron chi connectivity index (χ2n) is 9.36. The third-order valence-corrected chi connectivity index (χ3v) is 6.99. The van der Waals surface area contributed by atoms with Gasteiger partial charge >= 0.3 is 11.9 Å². The van der Waals surface area contributed by atoms with Crippen LogP contribution in [0.2, 0.25) is 5.02 Å². The number of hydrogen-bond donors (Lipinski definition) is 0. The molecular formula is C29H29ClN2O6S. The normalized spacial score (nSPS) is 15.2. The number of hydrogen-bond acceptors (Lipinski definition) is 8. The summed E-state index contributed by atoms with van der Waals surface area (Å²) >= 11 is 7.37. The lowest BCUT2D eigenvalue weighted by molar-refractivity contribution is -0.140. The molecule has 0 bridgehead atoms. The molecule has 0 spiro atoms. The number of esters is 2. The monoisotopic (exact) mass is 568 g/mol. The van der Waals surface area contributed by atoms with Crippen LogP contribution in [0.4, 0.5) is 0 Å². The van der Waals surface area contributed by atoms with E-state index in [0.717, 1.165) is 5.56 Å². The molecule has 39 heavy (non-hydrogen) atoms. The van der Waals surface area contributed by atoms with Crippen molar-refractivity contribution in [3.8, 4) is 11.5 Å². The molecule has 4 rings (SSSR count). The Morgan fingerprint density at radius 2 is 1.95 bits per heavy atom. The van der Waals surface area contributed by atoms with Gasteiger partial charge in [0.1, 0.15) is 0 Å². The van der Waals surface area contributed by atoms with E-state index in [0.29, 0.717) is 38.0 Å². The molecule has 204 valence electrons. The summed E-state index contributed by atoms with van der Waals surface area (Å²) in [4.78, 5) is 43.9. The Balaban J connectivity index is 1.93.